The fraction of sp³-hybridized carbons (Fsp3) is 0. The van der Waals surface area contributed by atoms with Crippen LogP contribution in [0, 0.1) is 17.8 Å². The molecule has 4 aromatic rings. The molecule has 9 heteroatoms. The third-order valence-corrected chi connectivity index (χ3v) is 4.72. The number of fused-ring (bicyclic) bond motifs is 1. The highest BCUT2D eigenvalue weighted by atomic mass is 35.5. The zero-order chi connectivity index (χ0) is 17.4. The Morgan fingerprint density at radius 2 is 2.04 bits per heavy atom. The first-order valence-corrected chi connectivity index (χ1v) is 8.17. The van der Waals surface area contributed by atoms with Crippen LogP contribution in [0.25, 0.3) is 20.8 Å². The number of hydrogen-bond acceptors (Lipinski definition) is 6. The van der Waals surface area contributed by atoms with Crippen LogP contribution < -0.4 is 5.32 Å². The second-order valence-electron chi connectivity index (χ2n) is 4.91. The standard InChI is InChI=1S/C16H7ClF2N5S/c17-8-2-1-3-9(18)12(8)16-24-13-10(19)6-21-15(14(13)25-16)23-11-4-5-20-7-22-11/h1-4,6-7H,(H,20,21,22,23). The molecule has 0 spiro atoms. The van der Waals surface area contributed by atoms with E-state index >= 15 is 0 Å². The first kappa shape index (κ1) is 15.8. The van der Waals surface area contributed by atoms with E-state index in [-0.39, 0.29) is 21.1 Å². The van der Waals surface area contributed by atoms with Gasteiger partial charge < -0.3 is 5.32 Å². The van der Waals surface area contributed by atoms with Crippen molar-refractivity contribution in [2.24, 2.45) is 0 Å². The average molecular weight is 375 g/mol. The molecule has 0 saturated heterocycles. The van der Waals surface area contributed by atoms with Crippen LogP contribution in [0.15, 0.2) is 36.8 Å². The van der Waals surface area contributed by atoms with Crippen molar-refractivity contribution in [1.82, 2.24) is 19.9 Å². The Labute approximate surface area is 149 Å². The van der Waals surface area contributed by atoms with Gasteiger partial charge in [0, 0.05) is 6.07 Å². The zero-order valence-electron chi connectivity index (χ0n) is 12.3. The molecule has 0 aliphatic carbocycles. The van der Waals surface area contributed by atoms with Crippen molar-refractivity contribution in [3.8, 4) is 10.6 Å². The first-order valence-electron chi connectivity index (χ1n) is 6.98. The third-order valence-electron chi connectivity index (χ3n) is 3.33. The number of pyridine rings is 1. The summed E-state index contributed by atoms with van der Waals surface area (Å²) in [6.07, 6.45) is 4.99. The van der Waals surface area contributed by atoms with Gasteiger partial charge in [0.15, 0.2) is 11.6 Å². The summed E-state index contributed by atoms with van der Waals surface area (Å²) in [4.78, 5) is 16.0. The van der Waals surface area contributed by atoms with Gasteiger partial charge in [0.05, 0.1) is 23.0 Å². The molecule has 25 heavy (non-hydrogen) atoms. The van der Waals surface area contributed by atoms with Crippen molar-refractivity contribution in [2.45, 2.75) is 0 Å². The van der Waals surface area contributed by atoms with E-state index in [2.05, 4.69) is 31.4 Å². The summed E-state index contributed by atoms with van der Waals surface area (Å²) >= 11 is 7.17. The van der Waals surface area contributed by atoms with Gasteiger partial charge in [0.1, 0.15) is 33.2 Å². The molecule has 1 aromatic carbocycles. The normalized spacial score (nSPS) is 11.0. The summed E-state index contributed by atoms with van der Waals surface area (Å²) in [5, 5.41) is 3.42. The lowest BCUT2D eigenvalue weighted by Crippen LogP contribution is -1.97. The lowest BCUT2D eigenvalue weighted by atomic mass is 10.2. The van der Waals surface area contributed by atoms with E-state index in [1.54, 1.807) is 6.07 Å². The number of nitrogens with zero attached hydrogens (tertiary/aromatic N) is 4. The highest BCUT2D eigenvalue weighted by Crippen LogP contribution is 2.39. The topological polar surface area (TPSA) is 63.6 Å². The minimum absolute atomic E-state index is 0.0786. The Morgan fingerprint density at radius 3 is 2.80 bits per heavy atom. The molecule has 0 unspecified atom stereocenters. The summed E-state index contributed by atoms with van der Waals surface area (Å²) in [6.45, 7) is 0. The first-order chi connectivity index (χ1) is 12.1. The Balaban J connectivity index is 1.88. The fourth-order valence-corrected chi connectivity index (χ4v) is 3.62. The number of thiazole rings is 1. The van der Waals surface area contributed by atoms with Crippen LogP contribution in [0.5, 0.6) is 0 Å². The van der Waals surface area contributed by atoms with Gasteiger partial charge in [-0.1, -0.05) is 17.7 Å². The smallest absolute Gasteiger partial charge is 0.168 e. The molecule has 123 valence electrons. The van der Waals surface area contributed by atoms with Crippen molar-refractivity contribution in [3.63, 3.8) is 0 Å². The molecule has 0 bridgehead atoms. The Morgan fingerprint density at radius 1 is 1.16 bits per heavy atom. The van der Waals surface area contributed by atoms with Gasteiger partial charge >= 0.3 is 0 Å². The Hall–Kier alpha value is -2.71. The van der Waals surface area contributed by atoms with Crippen LogP contribution in [0.4, 0.5) is 20.4 Å². The molecular formula is C16H7ClF2N5S. The molecule has 1 radical (unpaired) electrons. The summed E-state index contributed by atoms with van der Waals surface area (Å²) < 4.78 is 28.7. The second kappa shape index (κ2) is 6.30. The van der Waals surface area contributed by atoms with Crippen LogP contribution in [0.2, 0.25) is 5.02 Å². The molecule has 4 rings (SSSR count). The third kappa shape index (κ3) is 2.90. The highest BCUT2D eigenvalue weighted by molar-refractivity contribution is 7.22. The maximum Gasteiger partial charge on any atom is 0.168 e. The summed E-state index contributed by atoms with van der Waals surface area (Å²) in [7, 11) is 0. The maximum atomic E-state index is 14.1. The molecule has 0 amide bonds. The maximum absolute atomic E-state index is 14.1. The average Bonchev–Trinajstić information content (AvgIpc) is 3.04. The number of rotatable bonds is 3. The van der Waals surface area contributed by atoms with Crippen molar-refractivity contribution >= 4 is 44.8 Å². The molecule has 3 heterocycles. The van der Waals surface area contributed by atoms with Crippen LogP contribution in [-0.2, 0) is 0 Å². The summed E-state index contributed by atoms with van der Waals surface area (Å²) in [5.41, 5.74) is 0.209. The molecule has 1 N–H and O–H groups in total. The van der Waals surface area contributed by atoms with E-state index in [0.29, 0.717) is 16.3 Å². The molecule has 0 aliphatic heterocycles. The van der Waals surface area contributed by atoms with E-state index in [4.69, 9.17) is 11.6 Å². The predicted molar refractivity (Wildman–Crippen MR) is 91.9 cm³/mol. The van der Waals surface area contributed by atoms with Crippen molar-refractivity contribution in [3.05, 3.63) is 59.6 Å². The highest BCUT2D eigenvalue weighted by Gasteiger charge is 2.19. The number of halogens is 3. The van der Waals surface area contributed by atoms with E-state index in [9.17, 15) is 8.78 Å². The van der Waals surface area contributed by atoms with Gasteiger partial charge in [-0.25, -0.2) is 28.7 Å². The van der Waals surface area contributed by atoms with Crippen molar-refractivity contribution < 1.29 is 8.78 Å². The minimum atomic E-state index is -0.607. The minimum Gasteiger partial charge on any atom is -0.324 e. The number of nitrogens with one attached hydrogen (secondary N) is 1. The van der Waals surface area contributed by atoms with Gasteiger partial charge in [-0.15, -0.1) is 11.3 Å². The molecule has 3 aromatic heterocycles. The Bertz CT molecular complexity index is 1050. The molecular weight excluding hydrogens is 368 g/mol. The van der Waals surface area contributed by atoms with Crippen molar-refractivity contribution in [2.75, 3.05) is 5.32 Å². The monoisotopic (exact) mass is 374 g/mol. The second-order valence-corrected chi connectivity index (χ2v) is 6.31. The quantitative estimate of drug-likeness (QED) is 0.566. The van der Waals surface area contributed by atoms with Crippen LogP contribution in [0.1, 0.15) is 0 Å². The molecule has 0 atom stereocenters. The fourth-order valence-electron chi connectivity index (χ4n) is 2.23. The van der Waals surface area contributed by atoms with E-state index in [1.807, 2.05) is 0 Å². The molecule has 5 nitrogen and oxygen atoms in total. The largest absolute Gasteiger partial charge is 0.324 e. The number of aromatic nitrogens is 4. The SMILES string of the molecule is Fc1cccc(Cl)c1-c1nc2c(F)cnc(Nc3c[c]ncn3)c2s1. The summed E-state index contributed by atoms with van der Waals surface area (Å²) in [6, 6.07) is 5.84. The molecule has 0 aliphatic rings. The van der Waals surface area contributed by atoms with Gasteiger partial charge in [0.2, 0.25) is 0 Å². The van der Waals surface area contributed by atoms with Gasteiger partial charge in [-0.2, -0.15) is 0 Å². The van der Waals surface area contributed by atoms with E-state index in [0.717, 1.165) is 17.5 Å². The lowest BCUT2D eigenvalue weighted by Gasteiger charge is -2.04. The summed E-state index contributed by atoms with van der Waals surface area (Å²) in [5.74, 6) is -0.349. The van der Waals surface area contributed by atoms with Crippen LogP contribution >= 0.6 is 22.9 Å². The van der Waals surface area contributed by atoms with Gasteiger partial charge in [-0.05, 0) is 12.1 Å². The Kier molecular flexibility index (Phi) is 3.98. The predicted octanol–water partition coefficient (Wildman–Crippen LogP) is 4.62. The van der Waals surface area contributed by atoms with E-state index < -0.39 is 11.6 Å². The van der Waals surface area contributed by atoms with Crippen LogP contribution in [-0.4, -0.2) is 19.9 Å². The molecule has 0 fully saturated rings. The van der Waals surface area contributed by atoms with Crippen molar-refractivity contribution in [1.29, 1.82) is 0 Å². The van der Waals surface area contributed by atoms with Crippen LogP contribution in [0.3, 0.4) is 0 Å². The van der Waals surface area contributed by atoms with Gasteiger partial charge in [-0.3, -0.25) is 0 Å². The lowest BCUT2D eigenvalue weighted by molar-refractivity contribution is 0.629. The molecule has 0 saturated carbocycles. The number of hydrogen-bond donors (Lipinski definition) is 1. The van der Waals surface area contributed by atoms with E-state index in [1.165, 1.54) is 24.5 Å². The zero-order valence-corrected chi connectivity index (χ0v) is 13.9. The van der Waals surface area contributed by atoms with Gasteiger partial charge in [0.25, 0.3) is 0 Å². The number of anilines is 2. The number of benzene rings is 1.